The van der Waals surface area contributed by atoms with Crippen LogP contribution < -0.4 is 0 Å². The number of sulfone groups is 1. The maximum Gasteiger partial charge on any atom is 0.246 e. The number of halogens is 1. The van der Waals surface area contributed by atoms with Crippen molar-refractivity contribution >= 4 is 31.6 Å². The van der Waals surface area contributed by atoms with Gasteiger partial charge in [-0.05, 0) is 18.2 Å². The summed E-state index contributed by atoms with van der Waals surface area (Å²) in [6.45, 7) is 2.48. The Morgan fingerprint density at radius 3 is 2.52 bits per heavy atom. The fourth-order valence-corrected chi connectivity index (χ4v) is 5.62. The van der Waals surface area contributed by atoms with Crippen LogP contribution in [0.5, 0.6) is 0 Å². The van der Waals surface area contributed by atoms with Crippen LogP contribution in [0.4, 0.5) is 4.39 Å². The smallest absolute Gasteiger partial charge is 0.224 e. The predicted octanol–water partition coefficient (Wildman–Crippen LogP) is 1.36. The summed E-state index contributed by atoms with van der Waals surface area (Å²) in [5.41, 5.74) is 0. The molecule has 0 aromatic heterocycles. The number of hydrogen-bond acceptors (Lipinski definition) is 5. The SMILES string of the molecule is CC1CN(S(=O)(=O)c2cc(S(C)(=O)=O)ccc2F)CCS1. The van der Waals surface area contributed by atoms with Crippen molar-refractivity contribution in [3.63, 3.8) is 0 Å². The van der Waals surface area contributed by atoms with Gasteiger partial charge in [-0.25, -0.2) is 21.2 Å². The molecule has 1 aliphatic rings. The van der Waals surface area contributed by atoms with E-state index in [0.29, 0.717) is 12.3 Å². The number of hydrogen-bond donors (Lipinski definition) is 0. The highest BCUT2D eigenvalue weighted by atomic mass is 32.2. The first-order valence-electron chi connectivity index (χ1n) is 6.24. The van der Waals surface area contributed by atoms with Gasteiger partial charge in [0.1, 0.15) is 10.7 Å². The third-order valence-corrected chi connectivity index (χ3v) is 7.28. The molecule has 1 aliphatic heterocycles. The zero-order chi connectivity index (χ0) is 15.8. The van der Waals surface area contributed by atoms with Crippen molar-refractivity contribution in [2.45, 2.75) is 22.0 Å². The van der Waals surface area contributed by atoms with Crippen LogP contribution in [0.2, 0.25) is 0 Å². The Bertz CT molecular complexity index is 746. The summed E-state index contributed by atoms with van der Waals surface area (Å²) in [5, 5.41) is 0.120. The van der Waals surface area contributed by atoms with E-state index in [1.54, 1.807) is 11.8 Å². The van der Waals surface area contributed by atoms with Crippen molar-refractivity contribution in [2.24, 2.45) is 0 Å². The lowest BCUT2D eigenvalue weighted by Gasteiger charge is -2.29. The van der Waals surface area contributed by atoms with Gasteiger partial charge in [0.15, 0.2) is 9.84 Å². The molecule has 0 N–H and O–H groups in total. The van der Waals surface area contributed by atoms with Crippen molar-refractivity contribution < 1.29 is 21.2 Å². The van der Waals surface area contributed by atoms with Gasteiger partial charge in [-0.1, -0.05) is 6.92 Å². The average molecular weight is 353 g/mol. The van der Waals surface area contributed by atoms with E-state index >= 15 is 0 Å². The molecule has 9 heteroatoms. The summed E-state index contributed by atoms with van der Waals surface area (Å²) in [4.78, 5) is -0.786. The van der Waals surface area contributed by atoms with Crippen LogP contribution in [-0.4, -0.2) is 51.5 Å². The number of sulfonamides is 1. The maximum absolute atomic E-state index is 13.9. The summed E-state index contributed by atoms with van der Waals surface area (Å²) in [5.74, 6) is -0.304. The molecule has 1 unspecified atom stereocenters. The Morgan fingerprint density at radius 1 is 1.29 bits per heavy atom. The molecule has 0 aliphatic carbocycles. The van der Waals surface area contributed by atoms with Gasteiger partial charge in [-0.15, -0.1) is 0 Å². The number of nitrogens with zero attached hydrogens (tertiary/aromatic N) is 1. The van der Waals surface area contributed by atoms with Crippen LogP contribution in [-0.2, 0) is 19.9 Å². The molecule has 118 valence electrons. The fourth-order valence-electron chi connectivity index (χ4n) is 2.06. The van der Waals surface area contributed by atoms with Crippen LogP contribution in [0.25, 0.3) is 0 Å². The molecule has 1 atom stereocenters. The van der Waals surface area contributed by atoms with E-state index in [9.17, 15) is 21.2 Å². The third-order valence-electron chi connectivity index (χ3n) is 3.15. The van der Waals surface area contributed by atoms with Crippen LogP contribution in [0, 0.1) is 5.82 Å². The van der Waals surface area contributed by atoms with Crippen LogP contribution in [0.3, 0.4) is 0 Å². The van der Waals surface area contributed by atoms with Gasteiger partial charge in [0.25, 0.3) is 0 Å². The zero-order valence-corrected chi connectivity index (χ0v) is 14.1. The maximum atomic E-state index is 13.9. The van der Waals surface area contributed by atoms with E-state index in [4.69, 9.17) is 0 Å². The lowest BCUT2D eigenvalue weighted by molar-refractivity contribution is 0.420. The Labute approximate surface area is 128 Å². The van der Waals surface area contributed by atoms with E-state index in [-0.39, 0.29) is 16.7 Å². The summed E-state index contributed by atoms with van der Waals surface area (Å²) < 4.78 is 63.2. The van der Waals surface area contributed by atoms with Gasteiger partial charge in [0, 0.05) is 30.3 Å². The van der Waals surface area contributed by atoms with Crippen molar-refractivity contribution in [1.29, 1.82) is 0 Å². The Morgan fingerprint density at radius 2 is 1.95 bits per heavy atom. The molecule has 1 heterocycles. The highest BCUT2D eigenvalue weighted by Gasteiger charge is 2.31. The molecule has 5 nitrogen and oxygen atoms in total. The molecule has 0 amide bonds. The second kappa shape index (κ2) is 5.86. The highest BCUT2D eigenvalue weighted by Crippen LogP contribution is 2.27. The summed E-state index contributed by atoms with van der Waals surface area (Å²) in [6, 6.07) is 2.84. The topological polar surface area (TPSA) is 71.5 Å². The zero-order valence-electron chi connectivity index (χ0n) is 11.6. The van der Waals surface area contributed by atoms with Crippen LogP contribution >= 0.6 is 11.8 Å². The summed E-state index contributed by atoms with van der Waals surface area (Å²) in [6.07, 6.45) is 0.955. The number of benzene rings is 1. The first-order chi connectivity index (χ1) is 9.62. The van der Waals surface area contributed by atoms with Gasteiger partial charge >= 0.3 is 0 Å². The molecule has 0 radical (unpaired) electrons. The normalized spacial score (nSPS) is 21.4. The lowest BCUT2D eigenvalue weighted by atomic mass is 10.3. The quantitative estimate of drug-likeness (QED) is 0.767. The standard InChI is InChI=1S/C12H16FNO4S3/c1-9-8-14(5-6-19-9)21(17,18)12-7-10(20(2,15)16)3-4-11(12)13/h3-4,7,9H,5-6,8H2,1-2H3. The second-order valence-electron chi connectivity index (χ2n) is 4.91. The molecule has 1 aromatic rings. The van der Waals surface area contributed by atoms with Gasteiger partial charge in [0.05, 0.1) is 4.90 Å². The fraction of sp³-hybridized carbons (Fsp3) is 0.500. The number of thioether (sulfide) groups is 1. The van der Waals surface area contributed by atoms with Crippen LogP contribution in [0.1, 0.15) is 6.92 Å². The van der Waals surface area contributed by atoms with Crippen molar-refractivity contribution in [2.75, 3.05) is 25.1 Å². The van der Waals surface area contributed by atoms with Gasteiger partial charge in [-0.3, -0.25) is 0 Å². The Kier molecular flexibility index (Phi) is 4.67. The largest absolute Gasteiger partial charge is 0.246 e. The number of rotatable bonds is 3. The average Bonchev–Trinajstić information content (AvgIpc) is 2.37. The van der Waals surface area contributed by atoms with E-state index in [0.717, 1.165) is 24.5 Å². The van der Waals surface area contributed by atoms with E-state index in [2.05, 4.69) is 0 Å². The molecule has 1 aromatic carbocycles. The Balaban J connectivity index is 2.49. The first kappa shape index (κ1) is 16.7. The van der Waals surface area contributed by atoms with E-state index in [1.807, 2.05) is 6.92 Å². The first-order valence-corrected chi connectivity index (χ1v) is 10.6. The summed E-state index contributed by atoms with van der Waals surface area (Å²) >= 11 is 1.65. The predicted molar refractivity (Wildman–Crippen MR) is 80.2 cm³/mol. The summed E-state index contributed by atoms with van der Waals surface area (Å²) in [7, 11) is -7.63. The molecular formula is C12H16FNO4S3. The van der Waals surface area contributed by atoms with Crippen molar-refractivity contribution in [3.05, 3.63) is 24.0 Å². The van der Waals surface area contributed by atoms with E-state index < -0.39 is 30.6 Å². The minimum atomic E-state index is -4.03. The van der Waals surface area contributed by atoms with Crippen LogP contribution in [0.15, 0.2) is 28.0 Å². The molecule has 1 fully saturated rings. The molecule has 2 rings (SSSR count). The Hall–Kier alpha value is -0.640. The third kappa shape index (κ3) is 3.58. The molecule has 0 bridgehead atoms. The molecular weight excluding hydrogens is 337 g/mol. The van der Waals surface area contributed by atoms with Gasteiger partial charge in [-0.2, -0.15) is 16.1 Å². The molecule has 0 spiro atoms. The van der Waals surface area contributed by atoms with Crippen molar-refractivity contribution in [1.82, 2.24) is 4.31 Å². The monoisotopic (exact) mass is 353 g/mol. The minimum absolute atomic E-state index is 0.120. The van der Waals surface area contributed by atoms with Gasteiger partial charge < -0.3 is 0 Å². The molecule has 21 heavy (non-hydrogen) atoms. The molecule has 0 saturated carbocycles. The van der Waals surface area contributed by atoms with Crippen molar-refractivity contribution in [3.8, 4) is 0 Å². The minimum Gasteiger partial charge on any atom is -0.224 e. The van der Waals surface area contributed by atoms with E-state index in [1.165, 1.54) is 4.31 Å². The van der Waals surface area contributed by atoms with Gasteiger partial charge in [0.2, 0.25) is 10.0 Å². The second-order valence-corrected chi connectivity index (χ2v) is 10.4. The molecule has 1 saturated heterocycles. The highest BCUT2D eigenvalue weighted by molar-refractivity contribution is 8.00. The lowest BCUT2D eigenvalue weighted by Crippen LogP contribution is -2.41.